The lowest BCUT2D eigenvalue weighted by Gasteiger charge is -2.08. The Morgan fingerprint density at radius 2 is 2.24 bits per heavy atom. The van der Waals surface area contributed by atoms with Crippen LogP contribution in [0.25, 0.3) is 0 Å². The Morgan fingerprint density at radius 1 is 1.38 bits per heavy atom. The molecule has 0 saturated carbocycles. The molecule has 21 heavy (non-hydrogen) atoms. The zero-order chi connectivity index (χ0) is 14.8. The molecule has 0 radical (unpaired) electrons. The van der Waals surface area contributed by atoms with E-state index in [4.69, 9.17) is 5.26 Å². The van der Waals surface area contributed by atoms with Crippen LogP contribution in [0.2, 0.25) is 0 Å². The molecule has 106 valence electrons. The lowest BCUT2D eigenvalue weighted by molar-refractivity contribution is 0.103. The van der Waals surface area contributed by atoms with Gasteiger partial charge in [-0.25, -0.2) is 0 Å². The van der Waals surface area contributed by atoms with E-state index in [2.05, 4.69) is 27.3 Å². The smallest absolute Gasteiger partial charge is 0.265 e. The fourth-order valence-corrected chi connectivity index (χ4v) is 4.87. The van der Waals surface area contributed by atoms with Gasteiger partial charge in [0, 0.05) is 15.1 Å². The van der Waals surface area contributed by atoms with Crippen LogP contribution in [0.3, 0.4) is 0 Å². The van der Waals surface area contributed by atoms with E-state index < -0.39 is 0 Å². The molecule has 0 atom stereocenters. The number of nitriles is 1. The van der Waals surface area contributed by atoms with E-state index in [1.807, 2.05) is 17.8 Å². The van der Waals surface area contributed by atoms with Gasteiger partial charge >= 0.3 is 0 Å². The van der Waals surface area contributed by atoms with Crippen LogP contribution in [0, 0.1) is 11.3 Å². The molecule has 1 aromatic carbocycles. The number of carbonyl (C=O) groups excluding carboxylic acids is 1. The first-order chi connectivity index (χ1) is 10.2. The lowest BCUT2D eigenvalue weighted by atomic mass is 10.2. The number of hydrogen-bond donors (Lipinski definition) is 1. The molecule has 1 N–H and O–H groups in total. The summed E-state index contributed by atoms with van der Waals surface area (Å²) in [6.07, 6.45) is 1.05. The Kier molecular flexibility index (Phi) is 4.34. The fourth-order valence-electron chi connectivity index (χ4n) is 2.13. The third kappa shape index (κ3) is 3.15. The van der Waals surface area contributed by atoms with Crippen molar-refractivity contribution >= 4 is 50.6 Å². The predicted molar refractivity (Wildman–Crippen MR) is 91.0 cm³/mol. The molecular weight excluding hydrogens is 368 g/mol. The van der Waals surface area contributed by atoms with E-state index in [0.717, 1.165) is 22.8 Å². The number of rotatable bonds is 2. The summed E-state index contributed by atoms with van der Waals surface area (Å²) in [5.74, 6) is 2.04. The topological polar surface area (TPSA) is 52.9 Å². The highest BCUT2D eigenvalue weighted by Gasteiger charge is 2.18. The van der Waals surface area contributed by atoms with Crippen molar-refractivity contribution in [3.8, 4) is 6.07 Å². The highest BCUT2D eigenvalue weighted by molar-refractivity contribution is 9.10. The number of aryl methyl sites for hydroxylation is 1. The maximum Gasteiger partial charge on any atom is 0.265 e. The van der Waals surface area contributed by atoms with E-state index in [9.17, 15) is 4.79 Å². The highest BCUT2D eigenvalue weighted by Crippen LogP contribution is 2.32. The van der Waals surface area contributed by atoms with Gasteiger partial charge in [0.2, 0.25) is 0 Å². The molecule has 0 saturated heterocycles. The molecule has 6 heteroatoms. The number of halogens is 1. The standard InChI is InChI=1S/C15H11BrN2OS2/c16-11-5-9(7-17)1-2-12(11)18-15(19)14-6-10-8-20-4-3-13(10)21-14/h1-2,5-6H,3-4,8H2,(H,18,19). The van der Waals surface area contributed by atoms with Gasteiger partial charge in [-0.3, -0.25) is 4.79 Å². The molecule has 1 aromatic heterocycles. The molecule has 3 nitrogen and oxygen atoms in total. The summed E-state index contributed by atoms with van der Waals surface area (Å²) in [4.78, 5) is 14.4. The van der Waals surface area contributed by atoms with E-state index in [1.54, 1.807) is 29.5 Å². The molecule has 0 bridgehead atoms. The van der Waals surface area contributed by atoms with E-state index >= 15 is 0 Å². The van der Waals surface area contributed by atoms with Crippen molar-refractivity contribution in [2.24, 2.45) is 0 Å². The monoisotopic (exact) mass is 378 g/mol. The number of thiophene rings is 1. The number of amides is 1. The van der Waals surface area contributed by atoms with Crippen molar-refractivity contribution < 1.29 is 4.79 Å². The van der Waals surface area contributed by atoms with Crippen molar-refractivity contribution in [3.63, 3.8) is 0 Å². The number of fused-ring (bicyclic) bond motifs is 1. The number of thioether (sulfide) groups is 1. The molecule has 0 aliphatic carbocycles. The summed E-state index contributed by atoms with van der Waals surface area (Å²) in [5, 5.41) is 11.7. The van der Waals surface area contributed by atoms with E-state index in [1.165, 1.54) is 10.4 Å². The lowest BCUT2D eigenvalue weighted by Crippen LogP contribution is -2.10. The second kappa shape index (κ2) is 6.22. The maximum absolute atomic E-state index is 12.3. The maximum atomic E-state index is 12.3. The summed E-state index contributed by atoms with van der Waals surface area (Å²) < 4.78 is 0.715. The zero-order valence-corrected chi connectivity index (χ0v) is 14.2. The summed E-state index contributed by atoms with van der Waals surface area (Å²) in [6, 6.07) is 9.20. The fraction of sp³-hybridized carbons (Fsp3) is 0.200. The number of carbonyl (C=O) groups is 1. The average Bonchev–Trinajstić information content (AvgIpc) is 2.93. The molecular formula is C15H11BrN2OS2. The molecule has 2 heterocycles. The third-order valence-electron chi connectivity index (χ3n) is 3.20. The van der Waals surface area contributed by atoms with Crippen LogP contribution in [-0.4, -0.2) is 11.7 Å². The van der Waals surface area contributed by atoms with Gasteiger partial charge in [0.15, 0.2) is 0 Å². The van der Waals surface area contributed by atoms with Crippen molar-refractivity contribution in [3.05, 3.63) is 49.6 Å². The molecule has 3 rings (SSSR count). The molecule has 1 amide bonds. The normalized spacial score (nSPS) is 13.3. The number of benzene rings is 1. The van der Waals surface area contributed by atoms with Gasteiger partial charge in [0.05, 0.1) is 22.2 Å². The number of anilines is 1. The summed E-state index contributed by atoms with van der Waals surface area (Å²) in [6.45, 7) is 0. The van der Waals surface area contributed by atoms with Gasteiger partial charge in [-0.2, -0.15) is 17.0 Å². The van der Waals surface area contributed by atoms with Crippen LogP contribution in [0.5, 0.6) is 0 Å². The Morgan fingerprint density at radius 3 is 2.95 bits per heavy atom. The summed E-state index contributed by atoms with van der Waals surface area (Å²) in [5.41, 5.74) is 2.53. The van der Waals surface area contributed by atoms with Crippen LogP contribution < -0.4 is 5.32 Å². The van der Waals surface area contributed by atoms with Gasteiger partial charge < -0.3 is 5.32 Å². The number of nitrogens with zero attached hydrogens (tertiary/aromatic N) is 1. The van der Waals surface area contributed by atoms with Crippen molar-refractivity contribution in [1.29, 1.82) is 5.26 Å². The minimum Gasteiger partial charge on any atom is -0.320 e. The molecule has 0 spiro atoms. The molecule has 1 aliphatic rings. The summed E-state index contributed by atoms with van der Waals surface area (Å²) >= 11 is 6.87. The first-order valence-electron chi connectivity index (χ1n) is 6.37. The predicted octanol–water partition coefficient (Wildman–Crippen LogP) is 4.42. The number of hydrogen-bond acceptors (Lipinski definition) is 4. The molecule has 2 aromatic rings. The SMILES string of the molecule is N#Cc1ccc(NC(=O)c2cc3c(s2)CCSC3)c(Br)c1. The molecule has 0 fully saturated rings. The molecule has 0 unspecified atom stereocenters. The van der Waals surface area contributed by atoms with Gasteiger partial charge in [0.25, 0.3) is 5.91 Å². The third-order valence-corrected chi connectivity index (χ3v) is 6.10. The Hall–Kier alpha value is -1.29. The average molecular weight is 379 g/mol. The van der Waals surface area contributed by atoms with Crippen LogP contribution in [0.4, 0.5) is 5.69 Å². The van der Waals surface area contributed by atoms with Gasteiger partial charge in [-0.1, -0.05) is 0 Å². The minimum absolute atomic E-state index is 0.0928. The van der Waals surface area contributed by atoms with Crippen molar-refractivity contribution in [1.82, 2.24) is 0 Å². The highest BCUT2D eigenvalue weighted by atomic mass is 79.9. The largest absolute Gasteiger partial charge is 0.320 e. The first kappa shape index (κ1) is 14.6. The minimum atomic E-state index is -0.0928. The van der Waals surface area contributed by atoms with Crippen molar-refractivity contribution in [2.45, 2.75) is 12.2 Å². The first-order valence-corrected chi connectivity index (χ1v) is 9.14. The van der Waals surface area contributed by atoms with Crippen molar-refractivity contribution in [2.75, 3.05) is 11.1 Å². The van der Waals surface area contributed by atoms with E-state index in [0.29, 0.717) is 15.7 Å². The van der Waals surface area contributed by atoms with Crippen LogP contribution in [0.15, 0.2) is 28.7 Å². The van der Waals surface area contributed by atoms with Gasteiger partial charge in [-0.05, 0) is 57.9 Å². The number of nitrogens with one attached hydrogen (secondary N) is 1. The zero-order valence-electron chi connectivity index (χ0n) is 11.0. The van der Waals surface area contributed by atoms with E-state index in [-0.39, 0.29) is 5.91 Å². The van der Waals surface area contributed by atoms with Gasteiger partial charge in [-0.15, -0.1) is 11.3 Å². The second-order valence-corrected chi connectivity index (χ2v) is 7.72. The Balaban J connectivity index is 1.80. The Bertz CT molecular complexity index is 725. The molecule has 1 aliphatic heterocycles. The van der Waals surface area contributed by atoms with Crippen LogP contribution in [0.1, 0.15) is 25.7 Å². The van der Waals surface area contributed by atoms with Crippen LogP contribution >= 0.6 is 39.0 Å². The second-order valence-electron chi connectivity index (χ2n) is 4.62. The van der Waals surface area contributed by atoms with Crippen LogP contribution in [-0.2, 0) is 12.2 Å². The summed E-state index contributed by atoms with van der Waals surface area (Å²) in [7, 11) is 0. The Labute approximate surface area is 139 Å². The van der Waals surface area contributed by atoms with Gasteiger partial charge in [0.1, 0.15) is 0 Å². The quantitative estimate of drug-likeness (QED) is 0.840.